The minimum atomic E-state index is 0.732. The summed E-state index contributed by atoms with van der Waals surface area (Å²) in [6, 6.07) is 2.17. The van der Waals surface area contributed by atoms with Crippen molar-refractivity contribution in [2.24, 2.45) is 0 Å². The Hall–Kier alpha value is -1.22. The molecular formula is C13H14N2S. The molecule has 0 N–H and O–H groups in total. The lowest BCUT2D eigenvalue weighted by Crippen LogP contribution is -1.89. The summed E-state index contributed by atoms with van der Waals surface area (Å²) < 4.78 is 0. The van der Waals surface area contributed by atoms with Crippen molar-refractivity contribution in [3.63, 3.8) is 0 Å². The Balaban J connectivity index is 2.00. The fraction of sp³-hybridized carbons (Fsp3) is 0.385. The van der Waals surface area contributed by atoms with Crippen LogP contribution in [0.25, 0.3) is 10.7 Å². The maximum absolute atomic E-state index is 4.69. The van der Waals surface area contributed by atoms with Gasteiger partial charge in [-0.05, 0) is 37.8 Å². The lowest BCUT2D eigenvalue weighted by molar-refractivity contribution is 1.05. The molecule has 0 aromatic carbocycles. The first kappa shape index (κ1) is 9.97. The SMILES string of the molecule is Cc1cnc(-c2nc(C3CC3)cs2)c(C)c1. The molecule has 0 saturated heterocycles. The second-order valence-corrected chi connectivity index (χ2v) is 5.39. The molecule has 0 atom stereocenters. The number of pyridine rings is 1. The standard InChI is InChI=1S/C13H14N2S/c1-8-5-9(2)12(14-6-8)13-15-11(7-16-13)10-3-4-10/h5-7,10H,3-4H2,1-2H3. The van der Waals surface area contributed by atoms with Gasteiger partial charge in [0.15, 0.2) is 0 Å². The van der Waals surface area contributed by atoms with Gasteiger partial charge in [-0.25, -0.2) is 4.98 Å². The maximum Gasteiger partial charge on any atom is 0.142 e. The highest BCUT2D eigenvalue weighted by Gasteiger charge is 2.26. The zero-order chi connectivity index (χ0) is 11.1. The van der Waals surface area contributed by atoms with E-state index in [9.17, 15) is 0 Å². The molecule has 2 nitrogen and oxygen atoms in total. The van der Waals surface area contributed by atoms with Crippen LogP contribution < -0.4 is 0 Å². The second kappa shape index (κ2) is 3.67. The molecule has 1 fully saturated rings. The monoisotopic (exact) mass is 230 g/mol. The van der Waals surface area contributed by atoms with Crippen LogP contribution in [0.5, 0.6) is 0 Å². The predicted octanol–water partition coefficient (Wildman–Crippen LogP) is 3.70. The van der Waals surface area contributed by atoms with E-state index in [1.807, 2.05) is 6.20 Å². The van der Waals surface area contributed by atoms with Crippen LogP contribution in [-0.2, 0) is 0 Å². The van der Waals surface area contributed by atoms with Crippen molar-refractivity contribution in [1.29, 1.82) is 0 Å². The molecule has 0 bridgehead atoms. The van der Waals surface area contributed by atoms with E-state index in [2.05, 4.69) is 35.3 Å². The van der Waals surface area contributed by atoms with Crippen LogP contribution in [0.1, 0.15) is 35.6 Å². The molecule has 82 valence electrons. The number of rotatable bonds is 2. The van der Waals surface area contributed by atoms with Gasteiger partial charge in [-0.15, -0.1) is 11.3 Å². The third-order valence-electron chi connectivity index (χ3n) is 2.94. The summed E-state index contributed by atoms with van der Waals surface area (Å²) in [5.41, 5.74) is 4.74. The molecule has 3 rings (SSSR count). The number of hydrogen-bond donors (Lipinski definition) is 0. The van der Waals surface area contributed by atoms with Crippen molar-refractivity contribution in [2.75, 3.05) is 0 Å². The number of nitrogens with zero attached hydrogens (tertiary/aromatic N) is 2. The Kier molecular flexibility index (Phi) is 2.28. The van der Waals surface area contributed by atoms with E-state index >= 15 is 0 Å². The van der Waals surface area contributed by atoms with Crippen molar-refractivity contribution in [3.05, 3.63) is 34.5 Å². The van der Waals surface area contributed by atoms with Gasteiger partial charge < -0.3 is 0 Å². The molecule has 2 heterocycles. The minimum absolute atomic E-state index is 0.732. The molecule has 2 aromatic rings. The van der Waals surface area contributed by atoms with Crippen LogP contribution in [-0.4, -0.2) is 9.97 Å². The summed E-state index contributed by atoms with van der Waals surface area (Å²) in [4.78, 5) is 9.18. The second-order valence-electron chi connectivity index (χ2n) is 4.53. The number of hydrogen-bond acceptors (Lipinski definition) is 3. The third-order valence-corrected chi connectivity index (χ3v) is 3.80. The van der Waals surface area contributed by atoms with Crippen LogP contribution in [0, 0.1) is 13.8 Å². The van der Waals surface area contributed by atoms with E-state index in [1.54, 1.807) is 11.3 Å². The Bertz CT molecular complexity index is 526. The molecule has 1 saturated carbocycles. The number of aryl methyl sites for hydroxylation is 2. The zero-order valence-electron chi connectivity index (χ0n) is 9.53. The first-order chi connectivity index (χ1) is 7.74. The topological polar surface area (TPSA) is 25.8 Å². The summed E-state index contributed by atoms with van der Waals surface area (Å²) >= 11 is 1.72. The largest absolute Gasteiger partial charge is 0.253 e. The average molecular weight is 230 g/mol. The van der Waals surface area contributed by atoms with Gasteiger partial charge in [0.1, 0.15) is 10.7 Å². The fourth-order valence-corrected chi connectivity index (χ4v) is 2.86. The Morgan fingerprint density at radius 3 is 2.81 bits per heavy atom. The normalized spacial score (nSPS) is 15.4. The van der Waals surface area contributed by atoms with Crippen LogP contribution in [0.15, 0.2) is 17.6 Å². The molecule has 0 spiro atoms. The van der Waals surface area contributed by atoms with Crippen molar-refractivity contribution < 1.29 is 0 Å². The minimum Gasteiger partial charge on any atom is -0.253 e. The number of aromatic nitrogens is 2. The first-order valence-corrected chi connectivity index (χ1v) is 6.51. The Labute approximate surface area is 99.4 Å². The zero-order valence-corrected chi connectivity index (χ0v) is 10.3. The molecule has 0 radical (unpaired) electrons. The van der Waals surface area contributed by atoms with Gasteiger partial charge in [0.2, 0.25) is 0 Å². The summed E-state index contributed by atoms with van der Waals surface area (Å²) in [5, 5.41) is 3.26. The van der Waals surface area contributed by atoms with Gasteiger partial charge in [-0.1, -0.05) is 6.07 Å². The van der Waals surface area contributed by atoms with E-state index in [0.29, 0.717) is 0 Å². The summed E-state index contributed by atoms with van der Waals surface area (Å²) in [5.74, 6) is 0.732. The van der Waals surface area contributed by atoms with Gasteiger partial charge in [-0.2, -0.15) is 0 Å². The quantitative estimate of drug-likeness (QED) is 0.786. The van der Waals surface area contributed by atoms with Gasteiger partial charge in [0.25, 0.3) is 0 Å². The molecule has 3 heteroatoms. The van der Waals surface area contributed by atoms with Gasteiger partial charge >= 0.3 is 0 Å². The Morgan fingerprint density at radius 1 is 1.31 bits per heavy atom. The van der Waals surface area contributed by atoms with E-state index in [0.717, 1.165) is 16.6 Å². The van der Waals surface area contributed by atoms with Crippen molar-refractivity contribution >= 4 is 11.3 Å². The van der Waals surface area contributed by atoms with Gasteiger partial charge in [-0.3, -0.25) is 4.98 Å². The van der Waals surface area contributed by atoms with Crippen molar-refractivity contribution in [3.8, 4) is 10.7 Å². The molecule has 1 aliphatic carbocycles. The van der Waals surface area contributed by atoms with Gasteiger partial charge in [0, 0.05) is 17.5 Å². The smallest absolute Gasteiger partial charge is 0.142 e. The average Bonchev–Trinajstić information content (AvgIpc) is 2.98. The van der Waals surface area contributed by atoms with Crippen LogP contribution >= 0.6 is 11.3 Å². The molecule has 1 aliphatic rings. The van der Waals surface area contributed by atoms with Crippen LogP contribution in [0.4, 0.5) is 0 Å². The van der Waals surface area contributed by atoms with E-state index < -0.39 is 0 Å². The first-order valence-electron chi connectivity index (χ1n) is 5.63. The predicted molar refractivity (Wildman–Crippen MR) is 66.8 cm³/mol. The molecule has 0 amide bonds. The lowest BCUT2D eigenvalue weighted by atomic mass is 10.2. The Morgan fingerprint density at radius 2 is 2.12 bits per heavy atom. The molecular weight excluding hydrogens is 216 g/mol. The summed E-state index contributed by atoms with van der Waals surface area (Å²) in [6.07, 6.45) is 4.54. The van der Waals surface area contributed by atoms with Crippen LogP contribution in [0.2, 0.25) is 0 Å². The van der Waals surface area contributed by atoms with E-state index in [4.69, 9.17) is 0 Å². The molecule has 16 heavy (non-hydrogen) atoms. The lowest BCUT2D eigenvalue weighted by Gasteiger charge is -2.01. The maximum atomic E-state index is 4.69. The summed E-state index contributed by atoms with van der Waals surface area (Å²) in [7, 11) is 0. The van der Waals surface area contributed by atoms with E-state index in [-0.39, 0.29) is 0 Å². The van der Waals surface area contributed by atoms with E-state index in [1.165, 1.54) is 29.7 Å². The highest BCUT2D eigenvalue weighted by atomic mass is 32.1. The van der Waals surface area contributed by atoms with Crippen molar-refractivity contribution in [2.45, 2.75) is 32.6 Å². The highest BCUT2D eigenvalue weighted by molar-refractivity contribution is 7.13. The molecule has 0 unspecified atom stereocenters. The highest BCUT2D eigenvalue weighted by Crippen LogP contribution is 2.41. The molecule has 0 aliphatic heterocycles. The fourth-order valence-electron chi connectivity index (χ4n) is 1.90. The van der Waals surface area contributed by atoms with Crippen LogP contribution in [0.3, 0.4) is 0 Å². The number of thiazole rings is 1. The summed E-state index contributed by atoms with van der Waals surface area (Å²) in [6.45, 7) is 4.18. The van der Waals surface area contributed by atoms with Crippen molar-refractivity contribution in [1.82, 2.24) is 9.97 Å². The molecule has 2 aromatic heterocycles. The van der Waals surface area contributed by atoms with Gasteiger partial charge in [0.05, 0.1) is 5.69 Å². The third kappa shape index (κ3) is 1.76.